The fourth-order valence-corrected chi connectivity index (χ4v) is 4.80. The van der Waals surface area contributed by atoms with Gasteiger partial charge in [-0.15, -0.1) is 0 Å². The third-order valence-electron chi connectivity index (χ3n) is 6.84. The standard InChI is InChI=1S/C27H33N5O4.C3H8/c1-16-4-5-18(21(13-26(34)35)20-6-7-23(31(3)29)27(28)17(20)2)12-19(16)14-32-10-11-36-24-8-9-25(33)30-22(24)15-32;1-3-2/h4-9,12,21H,10-11,13-15,28-29H2,1-3H3,(H,30,33)(H,34,35);3H2,1-2H3. The monoisotopic (exact) mass is 535 g/mol. The van der Waals surface area contributed by atoms with Gasteiger partial charge in [0.1, 0.15) is 12.4 Å². The van der Waals surface area contributed by atoms with E-state index in [1.54, 1.807) is 13.1 Å². The van der Waals surface area contributed by atoms with Crippen LogP contribution in [0.15, 0.2) is 47.3 Å². The number of aromatic amines is 1. The van der Waals surface area contributed by atoms with E-state index >= 15 is 0 Å². The van der Waals surface area contributed by atoms with Gasteiger partial charge in [0, 0.05) is 38.7 Å². The van der Waals surface area contributed by atoms with Crippen LogP contribution in [0, 0.1) is 13.8 Å². The van der Waals surface area contributed by atoms with Crippen LogP contribution in [-0.2, 0) is 17.9 Å². The van der Waals surface area contributed by atoms with Crippen molar-refractivity contribution in [3.63, 3.8) is 0 Å². The molecular weight excluding hydrogens is 494 g/mol. The maximum Gasteiger partial charge on any atom is 0.304 e. The summed E-state index contributed by atoms with van der Waals surface area (Å²) in [5.41, 5.74) is 13.0. The van der Waals surface area contributed by atoms with Gasteiger partial charge < -0.3 is 25.6 Å². The van der Waals surface area contributed by atoms with E-state index in [9.17, 15) is 14.7 Å². The molecular formula is C30H41N5O4. The van der Waals surface area contributed by atoms with Gasteiger partial charge in [-0.2, -0.15) is 0 Å². The van der Waals surface area contributed by atoms with Gasteiger partial charge in [0.25, 0.3) is 0 Å². The summed E-state index contributed by atoms with van der Waals surface area (Å²) in [6.45, 7) is 10.6. The summed E-state index contributed by atoms with van der Waals surface area (Å²) in [6.07, 6.45) is 1.19. The van der Waals surface area contributed by atoms with Gasteiger partial charge in [0.2, 0.25) is 5.56 Å². The molecule has 6 N–H and O–H groups in total. The number of aliphatic carboxylic acids is 1. The Morgan fingerprint density at radius 1 is 1.18 bits per heavy atom. The number of carboxylic acids is 1. The first kappa shape index (κ1) is 29.7. The number of anilines is 2. The molecule has 0 radical (unpaired) electrons. The number of nitrogens with zero attached hydrogens (tertiary/aromatic N) is 2. The minimum atomic E-state index is -0.884. The highest BCUT2D eigenvalue weighted by atomic mass is 16.5. The van der Waals surface area contributed by atoms with Crippen molar-refractivity contribution < 1.29 is 14.6 Å². The van der Waals surface area contributed by atoms with Crippen LogP contribution in [0.2, 0.25) is 0 Å². The van der Waals surface area contributed by atoms with Crippen LogP contribution in [0.5, 0.6) is 5.75 Å². The number of nitrogens with one attached hydrogen (secondary N) is 1. The second-order valence-corrected chi connectivity index (χ2v) is 10.1. The third-order valence-corrected chi connectivity index (χ3v) is 6.84. The number of hydrogen-bond acceptors (Lipinski definition) is 7. The summed E-state index contributed by atoms with van der Waals surface area (Å²) < 4.78 is 5.81. The first-order valence-electron chi connectivity index (χ1n) is 13.3. The van der Waals surface area contributed by atoms with E-state index < -0.39 is 5.97 Å². The number of carbonyl (C=O) groups is 1. The summed E-state index contributed by atoms with van der Waals surface area (Å²) in [5.74, 6) is 5.35. The Morgan fingerprint density at radius 2 is 1.90 bits per heavy atom. The average Bonchev–Trinajstić information content (AvgIpc) is 3.07. The van der Waals surface area contributed by atoms with Crippen molar-refractivity contribution in [3.8, 4) is 5.75 Å². The number of hydrogen-bond donors (Lipinski definition) is 4. The van der Waals surface area contributed by atoms with Crippen LogP contribution in [0.3, 0.4) is 0 Å². The Hall–Kier alpha value is -3.82. The van der Waals surface area contributed by atoms with Crippen LogP contribution in [0.1, 0.15) is 66.1 Å². The molecule has 1 aliphatic heterocycles. The molecule has 0 saturated carbocycles. The lowest BCUT2D eigenvalue weighted by atomic mass is 9.84. The smallest absolute Gasteiger partial charge is 0.304 e. The van der Waals surface area contributed by atoms with Crippen molar-refractivity contribution in [2.45, 2.75) is 59.5 Å². The fourth-order valence-electron chi connectivity index (χ4n) is 4.80. The van der Waals surface area contributed by atoms with Crippen LogP contribution in [-0.4, -0.2) is 41.2 Å². The fraction of sp³-hybridized carbons (Fsp3) is 0.400. The van der Waals surface area contributed by atoms with E-state index in [-0.39, 0.29) is 17.9 Å². The maximum absolute atomic E-state index is 11.9. The van der Waals surface area contributed by atoms with Gasteiger partial charge >= 0.3 is 5.97 Å². The lowest BCUT2D eigenvalue weighted by Gasteiger charge is -2.25. The second kappa shape index (κ2) is 13.3. The van der Waals surface area contributed by atoms with Gasteiger partial charge in [0.15, 0.2) is 0 Å². The SMILES string of the molecule is CCC.Cc1ccc(C(CC(=O)O)c2ccc(N(C)N)c(N)c2C)cc1CN1CCOc2ccc(=O)[nH]c2C1. The van der Waals surface area contributed by atoms with E-state index in [2.05, 4.69) is 29.8 Å². The quantitative estimate of drug-likeness (QED) is 0.200. The number of aryl methyl sites for hydroxylation is 1. The molecule has 0 aliphatic carbocycles. The first-order valence-corrected chi connectivity index (χ1v) is 13.3. The number of nitrogens with two attached hydrogens (primary N) is 2. The highest BCUT2D eigenvalue weighted by Crippen LogP contribution is 2.37. The highest BCUT2D eigenvalue weighted by Gasteiger charge is 2.24. The van der Waals surface area contributed by atoms with Crippen molar-refractivity contribution in [1.29, 1.82) is 0 Å². The Labute approximate surface area is 230 Å². The van der Waals surface area contributed by atoms with Crippen LogP contribution in [0.4, 0.5) is 11.4 Å². The summed E-state index contributed by atoms with van der Waals surface area (Å²) in [7, 11) is 1.72. The Bertz CT molecular complexity index is 1350. The predicted molar refractivity (Wildman–Crippen MR) is 156 cm³/mol. The number of fused-ring (bicyclic) bond motifs is 1. The zero-order valence-corrected chi connectivity index (χ0v) is 23.6. The molecule has 9 nitrogen and oxygen atoms in total. The molecule has 2 aromatic carbocycles. The molecule has 0 amide bonds. The summed E-state index contributed by atoms with van der Waals surface area (Å²) >= 11 is 0. The van der Waals surface area contributed by atoms with Gasteiger partial charge in [0.05, 0.1) is 23.5 Å². The van der Waals surface area contributed by atoms with Gasteiger partial charge in [-0.1, -0.05) is 44.5 Å². The van der Waals surface area contributed by atoms with Crippen LogP contribution < -0.4 is 26.9 Å². The number of H-pyrrole nitrogens is 1. The molecule has 0 spiro atoms. The molecule has 0 fully saturated rings. The molecule has 9 heteroatoms. The lowest BCUT2D eigenvalue weighted by Crippen LogP contribution is -2.26. The molecule has 1 aliphatic rings. The van der Waals surface area contributed by atoms with Gasteiger partial charge in [-0.05, 0) is 53.8 Å². The minimum absolute atomic E-state index is 0.0627. The lowest BCUT2D eigenvalue weighted by molar-refractivity contribution is -0.137. The van der Waals surface area contributed by atoms with Crippen molar-refractivity contribution in [2.24, 2.45) is 5.84 Å². The Balaban J connectivity index is 0.00000134. The number of nitrogen functional groups attached to an aromatic ring is 1. The molecule has 39 heavy (non-hydrogen) atoms. The van der Waals surface area contributed by atoms with Crippen molar-refractivity contribution in [2.75, 3.05) is 30.9 Å². The molecule has 0 bridgehead atoms. The minimum Gasteiger partial charge on any atom is -0.490 e. The van der Waals surface area contributed by atoms with E-state index in [4.69, 9.17) is 16.3 Å². The number of benzene rings is 2. The number of ether oxygens (including phenoxy) is 1. The topological polar surface area (TPSA) is 138 Å². The summed E-state index contributed by atoms with van der Waals surface area (Å²) in [5, 5.41) is 11.2. The molecule has 0 saturated heterocycles. The number of hydrazine groups is 1. The van der Waals surface area contributed by atoms with E-state index in [0.29, 0.717) is 43.4 Å². The zero-order chi connectivity index (χ0) is 28.7. The van der Waals surface area contributed by atoms with Crippen molar-refractivity contribution in [3.05, 3.63) is 86.3 Å². The molecule has 3 aromatic rings. The van der Waals surface area contributed by atoms with Crippen molar-refractivity contribution >= 4 is 17.3 Å². The highest BCUT2D eigenvalue weighted by molar-refractivity contribution is 5.74. The van der Waals surface area contributed by atoms with E-state index in [1.165, 1.54) is 17.5 Å². The zero-order valence-electron chi connectivity index (χ0n) is 23.6. The molecule has 4 rings (SSSR count). The number of aromatic nitrogens is 1. The molecule has 1 atom stereocenters. The van der Waals surface area contributed by atoms with Gasteiger partial charge in [-0.25, -0.2) is 5.84 Å². The number of carboxylic acid groups (broad SMARTS) is 1. The molecule has 210 valence electrons. The largest absolute Gasteiger partial charge is 0.490 e. The summed E-state index contributed by atoms with van der Waals surface area (Å²) in [6, 6.07) is 13.0. The molecule has 1 aromatic heterocycles. The normalized spacial score (nSPS) is 13.8. The third kappa shape index (κ3) is 7.40. The molecule has 2 heterocycles. The van der Waals surface area contributed by atoms with E-state index in [1.807, 2.05) is 38.1 Å². The molecule has 1 unspecified atom stereocenters. The van der Waals surface area contributed by atoms with Gasteiger partial charge in [-0.3, -0.25) is 14.5 Å². The average molecular weight is 536 g/mol. The van der Waals surface area contributed by atoms with E-state index in [0.717, 1.165) is 33.5 Å². The second-order valence-electron chi connectivity index (χ2n) is 10.1. The van der Waals surface area contributed by atoms with Crippen molar-refractivity contribution in [1.82, 2.24) is 9.88 Å². The summed E-state index contributed by atoms with van der Waals surface area (Å²) in [4.78, 5) is 28.8. The van der Waals surface area contributed by atoms with Crippen LogP contribution in [0.25, 0.3) is 0 Å². The Morgan fingerprint density at radius 3 is 2.56 bits per heavy atom. The Kier molecular flexibility index (Phi) is 10.1. The van der Waals surface area contributed by atoms with Crippen LogP contribution >= 0.6 is 0 Å². The number of rotatable bonds is 7. The number of pyridine rings is 1. The first-order chi connectivity index (χ1) is 18.5. The predicted octanol–water partition coefficient (Wildman–Crippen LogP) is 4.30. The maximum atomic E-state index is 11.9.